The van der Waals surface area contributed by atoms with Crippen molar-refractivity contribution in [2.45, 2.75) is 31.2 Å². The van der Waals surface area contributed by atoms with E-state index in [0.29, 0.717) is 6.42 Å². The molecule has 3 nitrogen and oxygen atoms in total. The lowest BCUT2D eigenvalue weighted by atomic mass is 10.2. The molecular weight excluding hydrogens is 333 g/mol. The van der Waals surface area contributed by atoms with Gasteiger partial charge in [0.15, 0.2) is 0 Å². The molecular formula is C14H15ClFNO2S2. The number of benzene rings is 1. The third kappa shape index (κ3) is 4.03. The van der Waals surface area contributed by atoms with Crippen LogP contribution in [0.1, 0.15) is 17.4 Å². The highest BCUT2D eigenvalue weighted by atomic mass is 35.5. The van der Waals surface area contributed by atoms with Gasteiger partial charge in [-0.25, -0.2) is 17.5 Å². The Kier molecular flexibility index (Phi) is 5.03. The lowest BCUT2D eigenvalue weighted by Gasteiger charge is -2.15. The van der Waals surface area contributed by atoms with E-state index in [2.05, 4.69) is 4.72 Å². The third-order valence-corrected chi connectivity index (χ3v) is 5.90. The molecule has 0 fully saturated rings. The fraction of sp³-hybridized carbons (Fsp3) is 0.286. The summed E-state index contributed by atoms with van der Waals surface area (Å²) in [6.07, 6.45) is 0.592. The van der Waals surface area contributed by atoms with Crippen LogP contribution in [0.4, 0.5) is 4.39 Å². The van der Waals surface area contributed by atoms with Gasteiger partial charge in [0.1, 0.15) is 10.7 Å². The van der Waals surface area contributed by atoms with Crippen LogP contribution in [0.3, 0.4) is 0 Å². The van der Waals surface area contributed by atoms with E-state index in [1.165, 1.54) is 13.0 Å². The van der Waals surface area contributed by atoms with Crippen LogP contribution in [0.15, 0.2) is 34.5 Å². The Morgan fingerprint density at radius 1 is 1.43 bits per heavy atom. The number of rotatable bonds is 5. The smallest absolute Gasteiger partial charge is 0.208 e. The van der Waals surface area contributed by atoms with Crippen molar-refractivity contribution in [1.29, 1.82) is 0 Å². The zero-order valence-corrected chi connectivity index (χ0v) is 13.9. The molecule has 7 heteroatoms. The first-order valence-corrected chi connectivity index (χ1v) is 9.04. The van der Waals surface area contributed by atoms with E-state index in [0.717, 1.165) is 10.9 Å². The van der Waals surface area contributed by atoms with Gasteiger partial charge in [-0.1, -0.05) is 17.7 Å². The Morgan fingerprint density at radius 3 is 2.76 bits per heavy atom. The molecule has 1 N–H and O–H groups in total. The fourth-order valence-electron chi connectivity index (χ4n) is 1.94. The minimum atomic E-state index is -3.78. The van der Waals surface area contributed by atoms with Gasteiger partial charge in [-0.15, -0.1) is 11.3 Å². The van der Waals surface area contributed by atoms with Crippen molar-refractivity contribution in [2.75, 3.05) is 0 Å². The average molecular weight is 348 g/mol. The highest BCUT2D eigenvalue weighted by Gasteiger charge is 2.22. The van der Waals surface area contributed by atoms with Gasteiger partial charge in [0.25, 0.3) is 0 Å². The number of nitrogens with one attached hydrogen (secondary N) is 1. The van der Waals surface area contributed by atoms with Crippen LogP contribution in [-0.4, -0.2) is 14.5 Å². The summed E-state index contributed by atoms with van der Waals surface area (Å²) in [4.78, 5) is 0.993. The molecule has 0 bridgehead atoms. The van der Waals surface area contributed by atoms with Gasteiger partial charge < -0.3 is 0 Å². The molecule has 0 aliphatic carbocycles. The maximum atomic E-state index is 13.4. The lowest BCUT2D eigenvalue weighted by molar-refractivity contribution is 0.560. The second-order valence-electron chi connectivity index (χ2n) is 4.84. The van der Waals surface area contributed by atoms with Crippen LogP contribution in [0.2, 0.25) is 5.02 Å². The van der Waals surface area contributed by atoms with Crippen molar-refractivity contribution < 1.29 is 12.8 Å². The average Bonchev–Trinajstić information content (AvgIpc) is 2.85. The Morgan fingerprint density at radius 2 is 2.14 bits per heavy atom. The predicted molar refractivity (Wildman–Crippen MR) is 84.0 cm³/mol. The molecule has 0 saturated carbocycles. The third-order valence-electron chi connectivity index (χ3n) is 2.95. The van der Waals surface area contributed by atoms with Gasteiger partial charge in [-0.3, -0.25) is 0 Å². The van der Waals surface area contributed by atoms with Crippen LogP contribution < -0.4 is 4.72 Å². The van der Waals surface area contributed by atoms with Gasteiger partial charge in [0.2, 0.25) is 10.0 Å². The van der Waals surface area contributed by atoms with E-state index in [9.17, 15) is 12.8 Å². The minimum absolute atomic E-state index is 0.0962. The number of thiophene rings is 1. The second kappa shape index (κ2) is 6.44. The monoisotopic (exact) mass is 347 g/mol. The molecule has 1 heterocycles. The second-order valence-corrected chi connectivity index (χ2v) is 7.96. The van der Waals surface area contributed by atoms with E-state index < -0.39 is 15.8 Å². The summed E-state index contributed by atoms with van der Waals surface area (Å²) in [5, 5.41) is 1.82. The Bertz CT molecular complexity index is 730. The molecule has 2 rings (SSSR count). The number of hydrogen-bond donors (Lipinski definition) is 1. The van der Waals surface area contributed by atoms with Gasteiger partial charge in [-0.2, -0.15) is 0 Å². The summed E-state index contributed by atoms with van der Waals surface area (Å²) in [7, 11) is -3.78. The van der Waals surface area contributed by atoms with Crippen LogP contribution in [0, 0.1) is 12.7 Å². The van der Waals surface area contributed by atoms with Crippen molar-refractivity contribution in [3.8, 4) is 0 Å². The van der Waals surface area contributed by atoms with Crippen molar-refractivity contribution in [3.05, 3.63) is 50.9 Å². The van der Waals surface area contributed by atoms with Crippen LogP contribution in [0.25, 0.3) is 0 Å². The summed E-state index contributed by atoms with van der Waals surface area (Å²) in [5.41, 5.74) is 0.241. The fourth-order valence-corrected chi connectivity index (χ4v) is 4.62. The summed E-state index contributed by atoms with van der Waals surface area (Å²) in [5.74, 6) is -0.523. The molecule has 1 aromatic heterocycles. The van der Waals surface area contributed by atoms with Crippen LogP contribution in [0.5, 0.6) is 0 Å². The first-order chi connectivity index (χ1) is 9.79. The molecule has 1 aromatic carbocycles. The first-order valence-electron chi connectivity index (χ1n) is 6.30. The standard InChI is InChI=1S/C14H15ClFNO2S2/c1-9-6-14(12(15)8-13(9)16)21(18,19)17-10(2)7-11-4-3-5-20-11/h3-6,8,10,17H,7H2,1-2H3. The van der Waals surface area contributed by atoms with Gasteiger partial charge in [-0.05, 0) is 49.4 Å². The summed E-state index contributed by atoms with van der Waals surface area (Å²) in [6.45, 7) is 3.28. The Labute approximate surface area is 132 Å². The van der Waals surface area contributed by atoms with Gasteiger partial charge in [0, 0.05) is 10.9 Å². The van der Waals surface area contributed by atoms with Crippen molar-refractivity contribution in [2.24, 2.45) is 0 Å². The molecule has 0 spiro atoms. The highest BCUT2D eigenvalue weighted by molar-refractivity contribution is 7.89. The quantitative estimate of drug-likeness (QED) is 0.895. The normalized spacial score (nSPS) is 13.3. The van der Waals surface area contributed by atoms with Crippen molar-refractivity contribution >= 4 is 33.0 Å². The summed E-state index contributed by atoms with van der Waals surface area (Å²) >= 11 is 7.43. The van der Waals surface area contributed by atoms with Crippen LogP contribution >= 0.6 is 22.9 Å². The number of halogens is 2. The molecule has 0 amide bonds. The predicted octanol–water partition coefficient (Wildman–Crippen LogP) is 3.76. The largest absolute Gasteiger partial charge is 0.242 e. The zero-order valence-electron chi connectivity index (χ0n) is 11.6. The highest BCUT2D eigenvalue weighted by Crippen LogP contribution is 2.25. The number of aryl methyl sites for hydroxylation is 1. The zero-order chi connectivity index (χ0) is 15.6. The first kappa shape index (κ1) is 16.4. The molecule has 0 saturated heterocycles. The molecule has 1 unspecified atom stereocenters. The van der Waals surface area contributed by atoms with E-state index in [1.807, 2.05) is 17.5 Å². The van der Waals surface area contributed by atoms with E-state index >= 15 is 0 Å². The number of sulfonamides is 1. The van der Waals surface area contributed by atoms with Gasteiger partial charge >= 0.3 is 0 Å². The van der Waals surface area contributed by atoms with Gasteiger partial charge in [0.05, 0.1) is 5.02 Å². The van der Waals surface area contributed by atoms with E-state index in [1.54, 1.807) is 18.3 Å². The van der Waals surface area contributed by atoms with E-state index in [-0.39, 0.29) is 21.5 Å². The maximum absolute atomic E-state index is 13.4. The van der Waals surface area contributed by atoms with E-state index in [4.69, 9.17) is 11.6 Å². The SMILES string of the molecule is Cc1cc(S(=O)(=O)NC(C)Cc2cccs2)c(Cl)cc1F. The minimum Gasteiger partial charge on any atom is -0.208 e. The Hall–Kier alpha value is -0.950. The lowest BCUT2D eigenvalue weighted by Crippen LogP contribution is -2.34. The summed E-state index contributed by atoms with van der Waals surface area (Å²) < 4.78 is 40.6. The summed E-state index contributed by atoms with van der Waals surface area (Å²) in [6, 6.07) is 5.86. The molecule has 2 aromatic rings. The molecule has 1 atom stereocenters. The Balaban J connectivity index is 2.20. The molecule has 0 aliphatic heterocycles. The maximum Gasteiger partial charge on any atom is 0.242 e. The van der Waals surface area contributed by atoms with Crippen molar-refractivity contribution in [1.82, 2.24) is 4.72 Å². The number of hydrogen-bond acceptors (Lipinski definition) is 3. The molecule has 0 aliphatic rings. The molecule has 114 valence electrons. The van der Waals surface area contributed by atoms with Crippen molar-refractivity contribution in [3.63, 3.8) is 0 Å². The molecule has 0 radical (unpaired) electrons. The van der Waals surface area contributed by atoms with Crippen LogP contribution in [-0.2, 0) is 16.4 Å². The topological polar surface area (TPSA) is 46.2 Å². The molecule has 21 heavy (non-hydrogen) atoms.